The molecule has 1 aliphatic heterocycles. The lowest BCUT2D eigenvalue weighted by Gasteiger charge is -2.32. The fourth-order valence-corrected chi connectivity index (χ4v) is 2.82. The van der Waals surface area contributed by atoms with Crippen LogP contribution in [-0.2, 0) is 9.53 Å². The topological polar surface area (TPSA) is 46.5 Å². The van der Waals surface area contributed by atoms with E-state index in [0.29, 0.717) is 25.2 Å². The first kappa shape index (κ1) is 12.1. The zero-order valence-electron chi connectivity index (χ0n) is 9.91. The second-order valence-corrected chi connectivity index (χ2v) is 5.28. The van der Waals surface area contributed by atoms with Crippen molar-refractivity contribution in [1.29, 1.82) is 0 Å². The molecule has 0 spiro atoms. The number of ketones is 1. The molecule has 0 radical (unpaired) electrons. The Hall–Kier alpha value is -0.410. The van der Waals surface area contributed by atoms with Crippen molar-refractivity contribution in [2.24, 2.45) is 5.92 Å². The molecule has 3 nitrogen and oxygen atoms in total. The largest absolute Gasteiger partial charge is 0.382 e. The smallest absolute Gasteiger partial charge is 0.164 e. The van der Waals surface area contributed by atoms with Gasteiger partial charge in [0, 0.05) is 19.6 Å². The van der Waals surface area contributed by atoms with Gasteiger partial charge in [-0.3, -0.25) is 4.79 Å². The van der Waals surface area contributed by atoms with E-state index in [1.165, 1.54) is 0 Å². The third-order valence-electron chi connectivity index (χ3n) is 4.01. The van der Waals surface area contributed by atoms with Crippen LogP contribution in [0.1, 0.15) is 51.4 Å². The number of carbonyl (C=O) groups is 1. The molecule has 2 aliphatic rings. The van der Waals surface area contributed by atoms with Crippen molar-refractivity contribution in [3.63, 3.8) is 0 Å². The SMILES string of the molecule is O=C(CC1CCOCC1)C1(O)CCCCC1. The van der Waals surface area contributed by atoms with Crippen molar-refractivity contribution in [2.75, 3.05) is 13.2 Å². The van der Waals surface area contributed by atoms with Gasteiger partial charge in [-0.2, -0.15) is 0 Å². The Morgan fingerprint density at radius 2 is 1.81 bits per heavy atom. The Kier molecular flexibility index (Phi) is 3.98. The summed E-state index contributed by atoms with van der Waals surface area (Å²) in [7, 11) is 0. The van der Waals surface area contributed by atoms with E-state index in [1.807, 2.05) is 0 Å². The predicted molar refractivity (Wildman–Crippen MR) is 61.2 cm³/mol. The van der Waals surface area contributed by atoms with Gasteiger partial charge >= 0.3 is 0 Å². The number of ether oxygens (including phenoxy) is 1. The Morgan fingerprint density at radius 1 is 1.19 bits per heavy atom. The summed E-state index contributed by atoms with van der Waals surface area (Å²) in [6.07, 6.45) is 7.01. The average Bonchev–Trinajstić information content (AvgIpc) is 2.31. The van der Waals surface area contributed by atoms with E-state index in [2.05, 4.69) is 0 Å². The number of aliphatic hydroxyl groups is 1. The highest BCUT2D eigenvalue weighted by Crippen LogP contribution is 2.32. The molecule has 1 saturated heterocycles. The van der Waals surface area contributed by atoms with Crippen LogP contribution in [0.3, 0.4) is 0 Å². The molecule has 0 unspecified atom stereocenters. The number of carbonyl (C=O) groups excluding carboxylic acids is 1. The maximum Gasteiger partial charge on any atom is 0.164 e. The lowest BCUT2D eigenvalue weighted by atomic mass is 9.78. The fraction of sp³-hybridized carbons (Fsp3) is 0.923. The average molecular weight is 226 g/mol. The summed E-state index contributed by atoms with van der Waals surface area (Å²) in [5.41, 5.74) is -0.990. The highest BCUT2D eigenvalue weighted by Gasteiger charge is 2.37. The lowest BCUT2D eigenvalue weighted by molar-refractivity contribution is -0.142. The molecule has 3 heteroatoms. The summed E-state index contributed by atoms with van der Waals surface area (Å²) in [5, 5.41) is 10.3. The molecular formula is C13H22O3. The summed E-state index contributed by atoms with van der Waals surface area (Å²) in [6, 6.07) is 0. The normalized spacial score (nSPS) is 26.6. The van der Waals surface area contributed by atoms with Crippen LogP contribution in [0.2, 0.25) is 0 Å². The maximum atomic E-state index is 12.1. The van der Waals surface area contributed by atoms with Gasteiger partial charge in [0.05, 0.1) is 0 Å². The number of Topliss-reactive ketones (excluding diaryl/α,β-unsaturated/α-hetero) is 1. The minimum atomic E-state index is -0.990. The van der Waals surface area contributed by atoms with Crippen LogP contribution in [-0.4, -0.2) is 29.7 Å². The molecule has 0 amide bonds. The van der Waals surface area contributed by atoms with Crippen LogP contribution in [0.5, 0.6) is 0 Å². The summed E-state index contributed by atoms with van der Waals surface area (Å²) in [5.74, 6) is 0.520. The molecule has 16 heavy (non-hydrogen) atoms. The first-order valence-electron chi connectivity index (χ1n) is 6.54. The molecule has 1 N–H and O–H groups in total. The first-order chi connectivity index (χ1) is 7.71. The van der Waals surface area contributed by atoms with Crippen molar-refractivity contribution in [3.05, 3.63) is 0 Å². The molecule has 2 rings (SSSR count). The zero-order valence-corrected chi connectivity index (χ0v) is 9.91. The molecule has 0 aromatic rings. The van der Waals surface area contributed by atoms with Gasteiger partial charge in [0.1, 0.15) is 5.60 Å². The molecule has 1 heterocycles. The van der Waals surface area contributed by atoms with E-state index in [-0.39, 0.29) is 5.78 Å². The van der Waals surface area contributed by atoms with Gasteiger partial charge in [-0.05, 0) is 31.6 Å². The molecule has 0 atom stereocenters. The summed E-state index contributed by atoms with van der Waals surface area (Å²) >= 11 is 0. The van der Waals surface area contributed by atoms with Gasteiger partial charge in [-0.15, -0.1) is 0 Å². The van der Waals surface area contributed by atoms with Crippen LogP contribution in [0, 0.1) is 5.92 Å². The van der Waals surface area contributed by atoms with Gasteiger partial charge in [-0.1, -0.05) is 19.3 Å². The second kappa shape index (κ2) is 5.28. The number of hydrogen-bond donors (Lipinski definition) is 1. The van der Waals surface area contributed by atoms with E-state index in [0.717, 1.165) is 45.3 Å². The molecular weight excluding hydrogens is 204 g/mol. The highest BCUT2D eigenvalue weighted by molar-refractivity contribution is 5.87. The quantitative estimate of drug-likeness (QED) is 0.801. The zero-order chi connectivity index (χ0) is 11.4. The highest BCUT2D eigenvalue weighted by atomic mass is 16.5. The van der Waals surface area contributed by atoms with Gasteiger partial charge in [-0.25, -0.2) is 0 Å². The minimum absolute atomic E-state index is 0.0825. The Morgan fingerprint density at radius 3 is 2.44 bits per heavy atom. The number of hydrogen-bond acceptors (Lipinski definition) is 3. The van der Waals surface area contributed by atoms with E-state index in [9.17, 15) is 9.90 Å². The van der Waals surface area contributed by atoms with Gasteiger partial charge in [0.25, 0.3) is 0 Å². The minimum Gasteiger partial charge on any atom is -0.382 e. The molecule has 0 bridgehead atoms. The van der Waals surface area contributed by atoms with Crippen molar-refractivity contribution in [1.82, 2.24) is 0 Å². The first-order valence-corrected chi connectivity index (χ1v) is 6.54. The fourth-order valence-electron chi connectivity index (χ4n) is 2.82. The Labute approximate surface area is 97.2 Å². The van der Waals surface area contributed by atoms with Crippen LogP contribution >= 0.6 is 0 Å². The van der Waals surface area contributed by atoms with Crippen LogP contribution in [0.15, 0.2) is 0 Å². The predicted octanol–water partition coefficient (Wildman–Crippen LogP) is 2.07. The third kappa shape index (κ3) is 2.83. The Bertz CT molecular complexity index is 238. The summed E-state index contributed by atoms with van der Waals surface area (Å²) in [6.45, 7) is 1.55. The van der Waals surface area contributed by atoms with Gasteiger partial charge in [0.15, 0.2) is 5.78 Å². The molecule has 92 valence electrons. The van der Waals surface area contributed by atoms with Crippen molar-refractivity contribution < 1.29 is 14.6 Å². The van der Waals surface area contributed by atoms with Crippen molar-refractivity contribution in [3.8, 4) is 0 Å². The summed E-state index contributed by atoms with van der Waals surface area (Å²) < 4.78 is 5.28. The van der Waals surface area contributed by atoms with E-state index >= 15 is 0 Å². The molecule has 0 aromatic heterocycles. The van der Waals surface area contributed by atoms with Crippen LogP contribution in [0.4, 0.5) is 0 Å². The van der Waals surface area contributed by atoms with Crippen molar-refractivity contribution in [2.45, 2.75) is 57.0 Å². The standard InChI is InChI=1S/C13H22O3/c14-12(10-11-4-8-16-9-5-11)13(15)6-2-1-3-7-13/h11,15H,1-10H2. The van der Waals surface area contributed by atoms with Crippen molar-refractivity contribution >= 4 is 5.78 Å². The van der Waals surface area contributed by atoms with E-state index in [4.69, 9.17) is 4.74 Å². The van der Waals surface area contributed by atoms with E-state index < -0.39 is 5.60 Å². The third-order valence-corrected chi connectivity index (χ3v) is 4.01. The maximum absolute atomic E-state index is 12.1. The lowest BCUT2D eigenvalue weighted by Crippen LogP contribution is -2.41. The van der Waals surface area contributed by atoms with Gasteiger partial charge < -0.3 is 9.84 Å². The second-order valence-electron chi connectivity index (χ2n) is 5.28. The van der Waals surface area contributed by atoms with Crippen LogP contribution < -0.4 is 0 Å². The molecule has 2 fully saturated rings. The monoisotopic (exact) mass is 226 g/mol. The molecule has 0 aromatic carbocycles. The number of rotatable bonds is 3. The molecule has 1 saturated carbocycles. The van der Waals surface area contributed by atoms with E-state index in [1.54, 1.807) is 0 Å². The van der Waals surface area contributed by atoms with Gasteiger partial charge in [0.2, 0.25) is 0 Å². The van der Waals surface area contributed by atoms with Crippen LogP contribution in [0.25, 0.3) is 0 Å². The Balaban J connectivity index is 1.85. The summed E-state index contributed by atoms with van der Waals surface area (Å²) in [4.78, 5) is 12.1. The molecule has 1 aliphatic carbocycles.